The van der Waals surface area contributed by atoms with E-state index in [1.807, 2.05) is 25.1 Å². The van der Waals surface area contributed by atoms with Crippen molar-refractivity contribution >= 4 is 34.2 Å². The molecule has 2 amide bonds. The average molecular weight is 456 g/mol. The van der Waals surface area contributed by atoms with E-state index in [-0.39, 0.29) is 30.7 Å². The molecule has 1 unspecified atom stereocenters. The highest BCUT2D eigenvalue weighted by atomic mass is 16.4. The molecular formula is C23H29N5O5. The number of carbonyl (C=O) groups is 3. The Morgan fingerprint density at radius 1 is 1.12 bits per heavy atom. The molecule has 1 aromatic carbocycles. The molecule has 33 heavy (non-hydrogen) atoms. The van der Waals surface area contributed by atoms with Gasteiger partial charge in [-0.25, -0.2) is 4.68 Å². The standard InChI is InChI=1S/C23H29N5O5/c1-15-17-6-5-16(27-12-10-26(11-13-27)9-3-2-4-21(30)31)14-18(17)23(33)28(25-15)19-7-8-20(29)24-22(19)32/h5-6,14,19H,2-4,7-13H2,1H3,(H,30,31)(H,24,29,32). The summed E-state index contributed by atoms with van der Waals surface area (Å²) in [6.07, 6.45) is 2.21. The Labute approximate surface area is 191 Å². The molecule has 0 bridgehead atoms. The summed E-state index contributed by atoms with van der Waals surface area (Å²) in [7, 11) is 0. The quantitative estimate of drug-likeness (QED) is 0.469. The molecule has 2 N–H and O–H groups in total. The van der Waals surface area contributed by atoms with Gasteiger partial charge in [0.25, 0.3) is 11.5 Å². The molecule has 2 aliphatic rings. The number of hydrogen-bond donors (Lipinski definition) is 2. The number of carboxylic acid groups (broad SMARTS) is 1. The summed E-state index contributed by atoms with van der Waals surface area (Å²) in [4.78, 5) is 52.3. The summed E-state index contributed by atoms with van der Waals surface area (Å²) >= 11 is 0. The lowest BCUT2D eigenvalue weighted by Crippen LogP contribution is -2.46. The zero-order valence-electron chi connectivity index (χ0n) is 18.7. The van der Waals surface area contributed by atoms with Crippen molar-refractivity contribution in [3.63, 3.8) is 0 Å². The van der Waals surface area contributed by atoms with E-state index in [9.17, 15) is 19.2 Å². The number of nitrogens with zero attached hydrogens (tertiary/aromatic N) is 4. The van der Waals surface area contributed by atoms with Gasteiger partial charge >= 0.3 is 5.97 Å². The van der Waals surface area contributed by atoms with Crippen molar-refractivity contribution in [2.45, 2.75) is 45.1 Å². The van der Waals surface area contributed by atoms with Gasteiger partial charge in [-0.1, -0.05) is 6.07 Å². The van der Waals surface area contributed by atoms with Crippen molar-refractivity contribution in [1.82, 2.24) is 20.0 Å². The minimum Gasteiger partial charge on any atom is -0.481 e. The van der Waals surface area contributed by atoms with E-state index >= 15 is 0 Å². The number of aromatic nitrogens is 2. The number of fused-ring (bicyclic) bond motifs is 1. The van der Waals surface area contributed by atoms with E-state index < -0.39 is 17.9 Å². The molecule has 0 radical (unpaired) electrons. The van der Waals surface area contributed by atoms with Gasteiger partial charge in [0, 0.05) is 50.1 Å². The third-order valence-corrected chi connectivity index (χ3v) is 6.45. The van der Waals surface area contributed by atoms with Gasteiger partial charge in [-0.15, -0.1) is 0 Å². The third kappa shape index (κ3) is 5.05. The zero-order valence-corrected chi connectivity index (χ0v) is 18.7. The third-order valence-electron chi connectivity index (χ3n) is 6.45. The van der Waals surface area contributed by atoms with Crippen molar-refractivity contribution in [1.29, 1.82) is 0 Å². The highest BCUT2D eigenvalue weighted by Crippen LogP contribution is 2.24. The summed E-state index contributed by atoms with van der Waals surface area (Å²) in [5.74, 6) is -1.57. The topological polar surface area (TPSA) is 125 Å². The number of unbranched alkanes of at least 4 members (excludes halogenated alkanes) is 1. The molecule has 176 valence electrons. The van der Waals surface area contributed by atoms with Crippen LogP contribution in [0.2, 0.25) is 0 Å². The molecule has 1 aromatic heterocycles. The predicted octanol–water partition coefficient (Wildman–Crippen LogP) is 1.06. The summed E-state index contributed by atoms with van der Waals surface area (Å²) < 4.78 is 1.22. The number of aryl methyl sites for hydroxylation is 1. The summed E-state index contributed by atoms with van der Waals surface area (Å²) in [6.45, 7) is 6.08. The van der Waals surface area contributed by atoms with Crippen LogP contribution < -0.4 is 15.8 Å². The van der Waals surface area contributed by atoms with E-state index in [1.54, 1.807) is 0 Å². The number of benzene rings is 1. The van der Waals surface area contributed by atoms with Gasteiger partial charge < -0.3 is 10.0 Å². The number of carbonyl (C=O) groups excluding carboxylic acids is 2. The number of aliphatic carboxylic acids is 1. The zero-order chi connectivity index (χ0) is 23.5. The van der Waals surface area contributed by atoms with Crippen molar-refractivity contribution in [2.75, 3.05) is 37.6 Å². The molecule has 10 heteroatoms. The predicted molar refractivity (Wildman–Crippen MR) is 122 cm³/mol. The Morgan fingerprint density at radius 2 is 1.88 bits per heavy atom. The number of carboxylic acids is 1. The van der Waals surface area contributed by atoms with Crippen LogP contribution in [0.25, 0.3) is 10.8 Å². The lowest BCUT2D eigenvalue weighted by molar-refractivity contribution is -0.138. The molecule has 0 saturated carbocycles. The summed E-state index contributed by atoms with van der Waals surface area (Å²) in [5, 5.41) is 16.7. The first kappa shape index (κ1) is 22.9. The SMILES string of the molecule is Cc1nn(C2CCC(=O)NC2=O)c(=O)c2cc(N3CCN(CCCCC(=O)O)CC3)ccc12. The van der Waals surface area contributed by atoms with Crippen LogP contribution in [0.15, 0.2) is 23.0 Å². The summed E-state index contributed by atoms with van der Waals surface area (Å²) in [6, 6.07) is 4.99. The fourth-order valence-corrected chi connectivity index (χ4v) is 4.57. The second-order valence-corrected chi connectivity index (χ2v) is 8.71. The van der Waals surface area contributed by atoms with Gasteiger partial charge in [-0.2, -0.15) is 5.10 Å². The molecule has 2 aliphatic heterocycles. The molecule has 3 heterocycles. The molecular weight excluding hydrogens is 426 g/mol. The van der Waals surface area contributed by atoms with Crippen LogP contribution in [0.1, 0.15) is 43.8 Å². The lowest BCUT2D eigenvalue weighted by Gasteiger charge is -2.36. The van der Waals surface area contributed by atoms with E-state index in [2.05, 4.69) is 20.2 Å². The molecule has 2 aromatic rings. The molecule has 0 aliphatic carbocycles. The Kier molecular flexibility index (Phi) is 6.73. The van der Waals surface area contributed by atoms with E-state index in [0.29, 0.717) is 17.5 Å². The van der Waals surface area contributed by atoms with Crippen LogP contribution in [0.4, 0.5) is 5.69 Å². The molecule has 2 saturated heterocycles. The monoisotopic (exact) mass is 455 g/mol. The number of piperidine rings is 1. The van der Waals surface area contributed by atoms with Crippen molar-refractivity contribution in [3.8, 4) is 0 Å². The van der Waals surface area contributed by atoms with Gasteiger partial charge in [0.15, 0.2) is 0 Å². The Bertz CT molecular complexity index is 1140. The van der Waals surface area contributed by atoms with Crippen LogP contribution in [-0.2, 0) is 14.4 Å². The van der Waals surface area contributed by atoms with Crippen LogP contribution in [0.3, 0.4) is 0 Å². The Balaban J connectivity index is 1.49. The molecule has 1 atom stereocenters. The smallest absolute Gasteiger partial charge is 0.303 e. The minimum atomic E-state index is -0.786. The van der Waals surface area contributed by atoms with E-state index in [0.717, 1.165) is 50.2 Å². The van der Waals surface area contributed by atoms with Crippen molar-refractivity contribution < 1.29 is 19.5 Å². The Hall–Kier alpha value is -3.27. The second kappa shape index (κ2) is 9.70. The number of anilines is 1. The number of imide groups is 1. The molecule has 10 nitrogen and oxygen atoms in total. The maximum absolute atomic E-state index is 13.3. The number of rotatable bonds is 7. The van der Waals surface area contributed by atoms with Crippen LogP contribution in [0.5, 0.6) is 0 Å². The molecule has 0 spiro atoms. The summed E-state index contributed by atoms with van der Waals surface area (Å²) in [5.41, 5.74) is 1.28. The number of hydrogen-bond acceptors (Lipinski definition) is 7. The maximum Gasteiger partial charge on any atom is 0.303 e. The van der Waals surface area contributed by atoms with Gasteiger partial charge in [0.1, 0.15) is 6.04 Å². The van der Waals surface area contributed by atoms with Crippen molar-refractivity contribution in [3.05, 3.63) is 34.2 Å². The largest absolute Gasteiger partial charge is 0.481 e. The highest BCUT2D eigenvalue weighted by Gasteiger charge is 2.30. The fraction of sp³-hybridized carbons (Fsp3) is 0.522. The molecule has 4 rings (SSSR count). The first-order valence-corrected chi connectivity index (χ1v) is 11.4. The van der Waals surface area contributed by atoms with Crippen molar-refractivity contribution in [2.24, 2.45) is 0 Å². The second-order valence-electron chi connectivity index (χ2n) is 8.71. The number of amides is 2. The lowest BCUT2D eigenvalue weighted by atomic mass is 10.1. The van der Waals surface area contributed by atoms with E-state index in [1.165, 1.54) is 4.68 Å². The van der Waals surface area contributed by atoms with Gasteiger partial charge in [-0.3, -0.25) is 29.4 Å². The number of piperazine rings is 1. The first-order chi connectivity index (χ1) is 15.8. The first-order valence-electron chi connectivity index (χ1n) is 11.4. The maximum atomic E-state index is 13.3. The van der Waals surface area contributed by atoms with Crippen LogP contribution >= 0.6 is 0 Å². The minimum absolute atomic E-state index is 0.183. The molecule has 2 fully saturated rings. The normalized spacial score (nSPS) is 19.7. The van der Waals surface area contributed by atoms with E-state index in [4.69, 9.17) is 5.11 Å². The average Bonchev–Trinajstić information content (AvgIpc) is 2.79. The highest BCUT2D eigenvalue weighted by molar-refractivity contribution is 5.99. The van der Waals surface area contributed by atoms with Crippen LogP contribution in [-0.4, -0.2) is 70.3 Å². The Morgan fingerprint density at radius 3 is 2.58 bits per heavy atom. The van der Waals surface area contributed by atoms with Crippen LogP contribution in [0, 0.1) is 6.92 Å². The van der Waals surface area contributed by atoms with Gasteiger partial charge in [0.05, 0.1) is 11.1 Å². The fourth-order valence-electron chi connectivity index (χ4n) is 4.57. The van der Waals surface area contributed by atoms with Gasteiger partial charge in [0.2, 0.25) is 5.91 Å². The van der Waals surface area contributed by atoms with Gasteiger partial charge in [-0.05, 0) is 44.9 Å². The number of nitrogens with one attached hydrogen (secondary N) is 1.